The number of aliphatic hydroxyl groups is 3. The molecular weight excluding hydrogens is 500 g/mol. The van der Waals surface area contributed by atoms with Crippen LogP contribution in [0.2, 0.25) is 0 Å². The van der Waals surface area contributed by atoms with Crippen molar-refractivity contribution in [3.8, 4) is 0 Å². The molecule has 1 unspecified atom stereocenters. The predicted molar refractivity (Wildman–Crippen MR) is 144 cm³/mol. The highest BCUT2D eigenvalue weighted by atomic mass is 16.6. The van der Waals surface area contributed by atoms with E-state index >= 15 is 0 Å². The third kappa shape index (κ3) is 4.15. The largest absolute Gasteiger partial charge is 0.458 e. The standard InChI is InChI=1S/C31H46O8/c1-8-9-10-11-22(33)39-30-13-12-29-15-18(4)26(38-27(36)19(5)17(2)3)31(29,37)24(34)20(16-32)14-21(25(29)35)23(30)28(30,6)7/h14-15,17,19,21,23-24,26,32,34,37H,8-13,16H2,1-7H3/t19?,21-,23+,24+,26-,29+,30-,31-/m0/s1. The number of carbonyl (C=O) groups excluding carboxylic acids is 3. The summed E-state index contributed by atoms with van der Waals surface area (Å²) in [6.45, 7) is 12.7. The van der Waals surface area contributed by atoms with Crippen LogP contribution in [0.15, 0.2) is 23.3 Å². The fourth-order valence-electron chi connectivity index (χ4n) is 7.73. The van der Waals surface area contributed by atoms with Crippen LogP contribution in [0.4, 0.5) is 0 Å². The summed E-state index contributed by atoms with van der Waals surface area (Å²) in [5.74, 6) is -2.78. The number of Topliss-reactive ketones (excluding diaryl/α,β-unsaturated/α-hetero) is 1. The van der Waals surface area contributed by atoms with Crippen LogP contribution in [0, 0.1) is 34.5 Å². The van der Waals surface area contributed by atoms with Crippen molar-refractivity contribution >= 4 is 17.7 Å². The average Bonchev–Trinajstić information content (AvgIpc) is 3.31. The minimum Gasteiger partial charge on any atom is -0.458 e. The molecule has 2 bridgehead atoms. The van der Waals surface area contributed by atoms with Crippen LogP contribution in [-0.2, 0) is 23.9 Å². The van der Waals surface area contributed by atoms with E-state index in [1.54, 1.807) is 26.0 Å². The zero-order chi connectivity index (χ0) is 29.1. The van der Waals surface area contributed by atoms with Gasteiger partial charge in [-0.1, -0.05) is 66.5 Å². The van der Waals surface area contributed by atoms with E-state index in [0.29, 0.717) is 18.4 Å². The van der Waals surface area contributed by atoms with Gasteiger partial charge in [-0.25, -0.2) is 0 Å². The Morgan fingerprint density at radius 2 is 1.82 bits per heavy atom. The highest BCUT2D eigenvalue weighted by molar-refractivity contribution is 5.95. The molecule has 0 radical (unpaired) electrons. The molecule has 2 saturated carbocycles. The summed E-state index contributed by atoms with van der Waals surface area (Å²) in [6.07, 6.45) is 3.67. The van der Waals surface area contributed by atoms with Crippen molar-refractivity contribution in [3.63, 3.8) is 0 Å². The van der Waals surface area contributed by atoms with Crippen molar-refractivity contribution in [1.29, 1.82) is 0 Å². The van der Waals surface area contributed by atoms with Crippen molar-refractivity contribution in [2.75, 3.05) is 6.61 Å². The van der Waals surface area contributed by atoms with Crippen LogP contribution >= 0.6 is 0 Å². The molecule has 4 aliphatic rings. The smallest absolute Gasteiger partial charge is 0.309 e. The molecule has 1 spiro atoms. The lowest BCUT2D eigenvalue weighted by Crippen LogP contribution is -2.64. The Kier molecular flexibility index (Phi) is 7.76. The van der Waals surface area contributed by atoms with Crippen molar-refractivity contribution in [3.05, 3.63) is 23.3 Å². The van der Waals surface area contributed by atoms with Gasteiger partial charge in [0.05, 0.1) is 17.9 Å². The molecule has 0 heterocycles. The number of carbonyl (C=O) groups is 3. The van der Waals surface area contributed by atoms with E-state index in [1.165, 1.54) is 0 Å². The molecule has 0 amide bonds. The van der Waals surface area contributed by atoms with E-state index in [0.717, 1.165) is 19.3 Å². The molecule has 8 atom stereocenters. The molecule has 39 heavy (non-hydrogen) atoms. The molecule has 4 aliphatic carbocycles. The van der Waals surface area contributed by atoms with E-state index < -0.39 is 58.7 Å². The van der Waals surface area contributed by atoms with Gasteiger partial charge in [0.1, 0.15) is 11.7 Å². The molecule has 8 nitrogen and oxygen atoms in total. The molecule has 0 aromatic heterocycles. The van der Waals surface area contributed by atoms with Gasteiger partial charge in [0.15, 0.2) is 17.5 Å². The third-order valence-corrected chi connectivity index (χ3v) is 10.5. The summed E-state index contributed by atoms with van der Waals surface area (Å²) in [6, 6.07) is 0. The quantitative estimate of drug-likeness (QED) is 0.227. The minimum absolute atomic E-state index is 0.0103. The fraction of sp³-hybridized carbons (Fsp3) is 0.774. The second-order valence-corrected chi connectivity index (χ2v) is 13.2. The highest BCUT2D eigenvalue weighted by Crippen LogP contribution is 2.74. The maximum absolute atomic E-state index is 14.5. The summed E-state index contributed by atoms with van der Waals surface area (Å²) in [7, 11) is 0. The number of allylic oxidation sites excluding steroid dienone is 1. The lowest BCUT2D eigenvalue weighted by Gasteiger charge is -2.46. The molecule has 3 N–H and O–H groups in total. The molecule has 0 saturated heterocycles. The molecule has 218 valence electrons. The van der Waals surface area contributed by atoms with Crippen molar-refractivity contribution in [2.45, 2.75) is 110 Å². The number of fused-ring (bicyclic) bond motifs is 3. The molecule has 0 aromatic carbocycles. The lowest BCUT2D eigenvalue weighted by atomic mass is 9.63. The Bertz CT molecular complexity index is 1090. The topological polar surface area (TPSA) is 130 Å². The van der Waals surface area contributed by atoms with Crippen LogP contribution in [0.3, 0.4) is 0 Å². The first-order valence-corrected chi connectivity index (χ1v) is 14.5. The summed E-state index contributed by atoms with van der Waals surface area (Å²) in [5, 5.41) is 34.3. The Morgan fingerprint density at radius 3 is 2.41 bits per heavy atom. The zero-order valence-corrected chi connectivity index (χ0v) is 24.5. The van der Waals surface area contributed by atoms with Crippen LogP contribution < -0.4 is 0 Å². The Morgan fingerprint density at radius 1 is 1.15 bits per heavy atom. The third-order valence-electron chi connectivity index (χ3n) is 10.5. The number of ketones is 1. The summed E-state index contributed by atoms with van der Waals surface area (Å²) >= 11 is 0. The van der Waals surface area contributed by atoms with E-state index in [-0.39, 0.29) is 35.6 Å². The molecule has 0 aliphatic heterocycles. The minimum atomic E-state index is -2.21. The van der Waals surface area contributed by atoms with Gasteiger partial charge in [0.25, 0.3) is 0 Å². The Balaban J connectivity index is 1.78. The van der Waals surface area contributed by atoms with E-state index in [2.05, 4.69) is 6.92 Å². The lowest BCUT2D eigenvalue weighted by molar-refractivity contribution is -0.200. The average molecular weight is 547 g/mol. The van der Waals surface area contributed by atoms with Gasteiger partial charge in [0, 0.05) is 23.7 Å². The Labute approximate surface area is 231 Å². The van der Waals surface area contributed by atoms with Gasteiger partial charge in [-0.3, -0.25) is 14.4 Å². The van der Waals surface area contributed by atoms with Crippen molar-refractivity contribution < 1.29 is 39.2 Å². The first-order chi connectivity index (χ1) is 18.2. The molecule has 2 fully saturated rings. The van der Waals surface area contributed by atoms with Crippen LogP contribution in [0.5, 0.6) is 0 Å². The number of ether oxygens (including phenoxy) is 2. The summed E-state index contributed by atoms with van der Waals surface area (Å²) in [5.41, 5.74) is -4.64. The number of hydrogen-bond acceptors (Lipinski definition) is 8. The normalized spacial score (nSPS) is 39.0. The van der Waals surface area contributed by atoms with Crippen molar-refractivity contribution in [1.82, 2.24) is 0 Å². The van der Waals surface area contributed by atoms with Gasteiger partial charge in [-0.2, -0.15) is 0 Å². The molecule has 0 aromatic rings. The van der Waals surface area contributed by atoms with Crippen LogP contribution in [0.25, 0.3) is 0 Å². The number of aliphatic hydroxyl groups excluding tert-OH is 2. The second kappa shape index (κ2) is 10.1. The zero-order valence-electron chi connectivity index (χ0n) is 24.5. The van der Waals surface area contributed by atoms with Crippen molar-refractivity contribution in [2.24, 2.45) is 34.5 Å². The molecule has 8 heteroatoms. The fourth-order valence-corrected chi connectivity index (χ4v) is 7.73. The van der Waals surface area contributed by atoms with Gasteiger partial charge >= 0.3 is 11.9 Å². The first-order valence-electron chi connectivity index (χ1n) is 14.5. The van der Waals surface area contributed by atoms with E-state index in [4.69, 9.17) is 9.47 Å². The predicted octanol–water partition coefficient (Wildman–Crippen LogP) is 3.66. The van der Waals surface area contributed by atoms with Gasteiger partial charge < -0.3 is 24.8 Å². The number of esters is 2. The van der Waals surface area contributed by atoms with Crippen LogP contribution in [0.1, 0.15) is 87.0 Å². The van der Waals surface area contributed by atoms with Gasteiger partial charge in [0.2, 0.25) is 0 Å². The SMILES string of the molecule is CCCCCC(=O)O[C@@]12CC[C@]34C=C(C)[C@H](OC(=O)C(C)C(C)C)[C@@]3(O)[C@H](O)C(CO)=C[C@H](C4=O)[C@@H]1C2(C)C. The number of hydrogen-bond donors (Lipinski definition) is 3. The molecule has 4 rings (SSSR count). The summed E-state index contributed by atoms with van der Waals surface area (Å²) in [4.78, 5) is 40.5. The maximum atomic E-state index is 14.5. The number of unbranched alkanes of at least 4 members (excludes halogenated alkanes) is 2. The Hall–Kier alpha value is -2.03. The number of rotatable bonds is 9. The van der Waals surface area contributed by atoms with E-state index in [1.807, 2.05) is 27.7 Å². The highest BCUT2D eigenvalue weighted by Gasteiger charge is 2.82. The second-order valence-electron chi connectivity index (χ2n) is 13.2. The van der Waals surface area contributed by atoms with E-state index in [9.17, 15) is 29.7 Å². The maximum Gasteiger partial charge on any atom is 0.309 e. The van der Waals surface area contributed by atoms with Gasteiger partial charge in [-0.05, 0) is 43.3 Å². The molecular formula is C31H46O8. The summed E-state index contributed by atoms with van der Waals surface area (Å²) < 4.78 is 12.1. The van der Waals surface area contributed by atoms with Gasteiger partial charge in [-0.15, -0.1) is 0 Å². The van der Waals surface area contributed by atoms with Crippen LogP contribution in [-0.4, -0.2) is 63.1 Å². The monoisotopic (exact) mass is 546 g/mol. The first kappa shape index (κ1) is 29.9.